The lowest BCUT2D eigenvalue weighted by Gasteiger charge is -2.24. The molecule has 23 heavy (non-hydrogen) atoms. The highest BCUT2D eigenvalue weighted by Gasteiger charge is 2.26. The van der Waals surface area contributed by atoms with Gasteiger partial charge in [-0.1, -0.05) is 18.2 Å². The minimum atomic E-state index is -0.360. The van der Waals surface area contributed by atoms with Crippen molar-refractivity contribution in [1.29, 1.82) is 0 Å². The summed E-state index contributed by atoms with van der Waals surface area (Å²) in [4.78, 5) is 35.1. The van der Waals surface area contributed by atoms with E-state index in [2.05, 4.69) is 15.4 Å². The second-order valence-corrected chi connectivity index (χ2v) is 5.83. The fourth-order valence-corrected chi connectivity index (χ4v) is 2.68. The molecule has 0 spiro atoms. The van der Waals surface area contributed by atoms with Crippen molar-refractivity contribution in [2.45, 2.75) is 38.6 Å². The van der Waals surface area contributed by atoms with Gasteiger partial charge in [0.25, 0.3) is 0 Å². The lowest BCUT2D eigenvalue weighted by atomic mass is 9.89. The van der Waals surface area contributed by atoms with Gasteiger partial charge in [-0.05, 0) is 31.4 Å². The second-order valence-electron chi connectivity index (χ2n) is 5.83. The number of carbonyl (C=O) groups is 3. The van der Waals surface area contributed by atoms with Crippen LogP contribution in [0.25, 0.3) is 0 Å². The molecule has 2 amide bonds. The van der Waals surface area contributed by atoms with Crippen molar-refractivity contribution in [3.05, 3.63) is 29.8 Å². The predicted molar refractivity (Wildman–Crippen MR) is 85.7 cm³/mol. The number of rotatable bonds is 6. The van der Waals surface area contributed by atoms with E-state index in [1.807, 2.05) is 24.3 Å². The Morgan fingerprint density at radius 2 is 2.13 bits per heavy atom. The number of fused-ring (bicyclic) bond motifs is 1. The van der Waals surface area contributed by atoms with Crippen LogP contribution in [0.2, 0.25) is 0 Å². The Balaban J connectivity index is 1.81. The van der Waals surface area contributed by atoms with E-state index >= 15 is 0 Å². The topological polar surface area (TPSA) is 84.5 Å². The lowest BCUT2D eigenvalue weighted by Crippen LogP contribution is -2.36. The summed E-state index contributed by atoms with van der Waals surface area (Å²) in [5.74, 6) is -0.764. The number of carbonyl (C=O) groups excluding carboxylic acids is 3. The zero-order valence-corrected chi connectivity index (χ0v) is 13.4. The van der Waals surface area contributed by atoms with Crippen LogP contribution in [0.4, 0.5) is 5.69 Å². The molecule has 2 N–H and O–H groups in total. The van der Waals surface area contributed by atoms with Crippen LogP contribution in [0.5, 0.6) is 0 Å². The molecule has 6 nitrogen and oxygen atoms in total. The van der Waals surface area contributed by atoms with E-state index < -0.39 is 0 Å². The number of hydrogen-bond donors (Lipinski definition) is 2. The lowest BCUT2D eigenvalue weighted by molar-refractivity contribution is -0.141. The van der Waals surface area contributed by atoms with Crippen LogP contribution >= 0.6 is 0 Å². The normalized spacial score (nSPS) is 17.7. The van der Waals surface area contributed by atoms with Crippen molar-refractivity contribution < 1.29 is 19.1 Å². The van der Waals surface area contributed by atoms with Gasteiger partial charge in [0.2, 0.25) is 11.8 Å². The minimum Gasteiger partial charge on any atom is -0.469 e. The van der Waals surface area contributed by atoms with Crippen molar-refractivity contribution in [2.24, 2.45) is 5.92 Å². The van der Waals surface area contributed by atoms with Crippen molar-refractivity contribution in [3.63, 3.8) is 0 Å². The zero-order chi connectivity index (χ0) is 16.8. The number of benzene rings is 1. The standard InChI is InChI=1S/C17H22N2O4/c1-11(9-16(21)23-2)18-15(20)8-7-13-10-12-5-3-4-6-14(12)19-17(13)22/h3-6,11,13H,7-10H2,1-2H3,(H,18,20)(H,19,22). The summed E-state index contributed by atoms with van der Waals surface area (Å²) in [6, 6.07) is 7.41. The van der Waals surface area contributed by atoms with Gasteiger partial charge in [-0.3, -0.25) is 14.4 Å². The minimum absolute atomic E-state index is 0.0425. The van der Waals surface area contributed by atoms with Crippen molar-refractivity contribution in [3.8, 4) is 0 Å². The summed E-state index contributed by atoms with van der Waals surface area (Å²) in [5.41, 5.74) is 1.95. The molecule has 0 bridgehead atoms. The van der Waals surface area contributed by atoms with Crippen molar-refractivity contribution in [2.75, 3.05) is 12.4 Å². The summed E-state index contributed by atoms with van der Waals surface area (Å²) < 4.78 is 4.56. The molecule has 0 fully saturated rings. The monoisotopic (exact) mass is 318 g/mol. The van der Waals surface area contributed by atoms with Gasteiger partial charge in [0.1, 0.15) is 0 Å². The molecule has 1 aliphatic rings. The highest BCUT2D eigenvalue weighted by Crippen LogP contribution is 2.27. The van der Waals surface area contributed by atoms with Gasteiger partial charge >= 0.3 is 5.97 Å². The molecule has 0 saturated carbocycles. The third-order valence-electron chi connectivity index (χ3n) is 3.94. The van der Waals surface area contributed by atoms with Gasteiger partial charge in [0, 0.05) is 24.1 Å². The van der Waals surface area contributed by atoms with E-state index in [4.69, 9.17) is 0 Å². The Morgan fingerprint density at radius 3 is 2.87 bits per heavy atom. The molecule has 2 unspecified atom stereocenters. The Kier molecular flexibility index (Phi) is 5.73. The van der Waals surface area contributed by atoms with E-state index in [-0.39, 0.29) is 42.6 Å². The SMILES string of the molecule is COC(=O)CC(C)NC(=O)CCC1Cc2ccccc2NC1=O. The molecule has 124 valence electrons. The van der Waals surface area contributed by atoms with Crippen LogP contribution in [-0.2, 0) is 25.5 Å². The van der Waals surface area contributed by atoms with E-state index in [1.54, 1.807) is 6.92 Å². The highest BCUT2D eigenvalue weighted by atomic mass is 16.5. The van der Waals surface area contributed by atoms with Gasteiger partial charge in [-0.15, -0.1) is 0 Å². The van der Waals surface area contributed by atoms with E-state index in [9.17, 15) is 14.4 Å². The summed E-state index contributed by atoms with van der Waals surface area (Å²) in [7, 11) is 1.32. The smallest absolute Gasteiger partial charge is 0.307 e. The second kappa shape index (κ2) is 7.76. The Hall–Kier alpha value is -2.37. The number of methoxy groups -OCH3 is 1. The van der Waals surface area contributed by atoms with Gasteiger partial charge in [-0.25, -0.2) is 0 Å². The third kappa shape index (κ3) is 4.81. The van der Waals surface area contributed by atoms with Crippen LogP contribution in [0.15, 0.2) is 24.3 Å². The maximum atomic E-state index is 12.1. The number of anilines is 1. The average molecular weight is 318 g/mol. The molecule has 1 heterocycles. The van der Waals surface area contributed by atoms with Gasteiger partial charge in [0.05, 0.1) is 13.5 Å². The highest BCUT2D eigenvalue weighted by molar-refractivity contribution is 5.96. The fraction of sp³-hybridized carbons (Fsp3) is 0.471. The number of nitrogens with one attached hydrogen (secondary N) is 2. The first-order chi connectivity index (χ1) is 11.0. The van der Waals surface area contributed by atoms with E-state index in [1.165, 1.54) is 7.11 Å². The summed E-state index contributed by atoms with van der Waals surface area (Å²) in [6.07, 6.45) is 1.52. The number of esters is 1. The molecule has 2 atom stereocenters. The maximum absolute atomic E-state index is 12.1. The predicted octanol–water partition coefficient (Wildman–Crippen LogP) is 1.65. The van der Waals surface area contributed by atoms with Gasteiger partial charge in [-0.2, -0.15) is 0 Å². The van der Waals surface area contributed by atoms with Crippen LogP contribution in [0.1, 0.15) is 31.7 Å². The molecule has 0 saturated heterocycles. The maximum Gasteiger partial charge on any atom is 0.307 e. The van der Waals surface area contributed by atoms with Gasteiger partial charge in [0.15, 0.2) is 0 Å². The molecule has 1 aromatic carbocycles. The first-order valence-electron chi connectivity index (χ1n) is 7.74. The summed E-state index contributed by atoms with van der Waals surface area (Å²) in [6.45, 7) is 1.75. The largest absolute Gasteiger partial charge is 0.469 e. The number of amides is 2. The van der Waals surface area contributed by atoms with Crippen LogP contribution in [-0.4, -0.2) is 30.9 Å². The fourth-order valence-electron chi connectivity index (χ4n) is 2.68. The number of hydrogen-bond acceptors (Lipinski definition) is 4. The van der Waals surface area contributed by atoms with Crippen molar-refractivity contribution >= 4 is 23.5 Å². The molecule has 1 aromatic rings. The molecular weight excluding hydrogens is 296 g/mol. The summed E-state index contributed by atoms with van der Waals surface area (Å²) in [5, 5.41) is 5.62. The van der Waals surface area contributed by atoms with E-state index in [0.717, 1.165) is 11.3 Å². The average Bonchev–Trinajstić information content (AvgIpc) is 2.52. The first kappa shape index (κ1) is 17.0. The molecule has 6 heteroatoms. The Morgan fingerprint density at radius 1 is 1.39 bits per heavy atom. The molecule has 0 radical (unpaired) electrons. The van der Waals surface area contributed by atoms with Gasteiger partial charge < -0.3 is 15.4 Å². The van der Waals surface area contributed by atoms with Crippen LogP contribution < -0.4 is 10.6 Å². The molecule has 0 aliphatic carbocycles. The van der Waals surface area contributed by atoms with Crippen LogP contribution in [0, 0.1) is 5.92 Å². The summed E-state index contributed by atoms with van der Waals surface area (Å²) >= 11 is 0. The van der Waals surface area contributed by atoms with Crippen LogP contribution in [0.3, 0.4) is 0 Å². The zero-order valence-electron chi connectivity index (χ0n) is 13.4. The molecular formula is C17H22N2O4. The first-order valence-corrected chi connectivity index (χ1v) is 7.74. The van der Waals surface area contributed by atoms with E-state index in [0.29, 0.717) is 12.8 Å². The molecule has 1 aliphatic heterocycles. The third-order valence-corrected chi connectivity index (χ3v) is 3.94. The Bertz CT molecular complexity index is 600. The number of ether oxygens (including phenoxy) is 1. The van der Waals surface area contributed by atoms with Crippen molar-refractivity contribution in [1.82, 2.24) is 5.32 Å². The molecule has 0 aromatic heterocycles. The quantitative estimate of drug-likeness (QED) is 0.781. The Labute approximate surface area is 135 Å². The number of para-hydroxylation sites is 1. The molecule has 2 rings (SSSR count).